The van der Waals surface area contributed by atoms with Crippen LogP contribution in [-0.4, -0.2) is 37.2 Å². The van der Waals surface area contributed by atoms with E-state index >= 15 is 0 Å². The van der Waals surface area contributed by atoms with Crippen LogP contribution in [0.5, 0.6) is 0 Å². The molecule has 0 spiro atoms. The van der Waals surface area contributed by atoms with E-state index in [1.54, 1.807) is 0 Å². The lowest BCUT2D eigenvalue weighted by atomic mass is 10.1. The largest absolute Gasteiger partial charge is 0.462 e. The molecule has 0 saturated carbocycles. The zero-order valence-electron chi connectivity index (χ0n) is 44.5. The van der Waals surface area contributed by atoms with Crippen molar-refractivity contribution in [2.75, 3.05) is 13.2 Å². The zero-order valence-corrected chi connectivity index (χ0v) is 44.5. The maximum atomic E-state index is 12.8. The van der Waals surface area contributed by atoms with Gasteiger partial charge in [0, 0.05) is 19.3 Å². The Morgan fingerprint density at radius 2 is 0.643 bits per heavy atom. The lowest BCUT2D eigenvalue weighted by Gasteiger charge is -2.18. The van der Waals surface area contributed by atoms with Crippen molar-refractivity contribution in [3.05, 3.63) is 158 Å². The molecule has 0 amide bonds. The van der Waals surface area contributed by atoms with Gasteiger partial charge < -0.3 is 14.2 Å². The molecule has 0 fully saturated rings. The summed E-state index contributed by atoms with van der Waals surface area (Å²) >= 11 is 0. The van der Waals surface area contributed by atoms with Gasteiger partial charge in [-0.3, -0.25) is 14.4 Å². The normalized spacial score (nSPS) is 13.4. The molecule has 0 aliphatic heterocycles. The quantitative estimate of drug-likeness (QED) is 0.0199. The number of unbranched alkanes of at least 4 members (excludes halogenated alkanes) is 16. The minimum Gasteiger partial charge on any atom is -0.462 e. The first-order chi connectivity index (χ1) is 34.5. The predicted molar refractivity (Wildman–Crippen MR) is 302 cm³/mol. The Bertz CT molecular complexity index is 1620. The molecule has 0 aliphatic rings. The molecule has 0 saturated heterocycles. The Morgan fingerprint density at radius 3 is 1.10 bits per heavy atom. The third-order valence-electron chi connectivity index (χ3n) is 10.9. The smallest absolute Gasteiger partial charge is 0.306 e. The summed E-state index contributed by atoms with van der Waals surface area (Å²) < 4.78 is 16.7. The van der Waals surface area contributed by atoms with Gasteiger partial charge in [0.25, 0.3) is 0 Å². The zero-order chi connectivity index (χ0) is 50.7. The third kappa shape index (κ3) is 54.0. The molecule has 1 atom stereocenters. The van der Waals surface area contributed by atoms with E-state index in [1.807, 2.05) is 72.9 Å². The second-order valence-electron chi connectivity index (χ2n) is 17.6. The average Bonchev–Trinajstić information content (AvgIpc) is 3.36. The first-order valence-electron chi connectivity index (χ1n) is 27.6. The standard InChI is InChI=1S/C64H98O6/c1-4-7-10-13-16-19-22-25-28-31-32-34-36-39-42-45-48-51-54-57-63(66)69-60-61(59-68-62(65)56-53-50-47-44-41-38-35-30-27-24-21-18-15-12-9-6-3)70-64(67)58-55-52-49-46-43-40-37-33-29-26-23-20-17-14-11-8-5-2/h7,9-10,12-13,16,18-19,21-22,25-32,34,36-37,39-40,42,46,49,61H,4-6,8,11,14-15,17,20,23-24,33,35,38,41,43-45,47-48,50-60H2,1-3H3/b10-7-,12-9-,16-13-,21-18-,22-19-,28-25-,29-26-,30-27-,32-31+,36-34-,40-37-,42-39-,49-46-. The van der Waals surface area contributed by atoms with Crippen LogP contribution >= 0.6 is 0 Å². The molecule has 0 N–H and O–H groups in total. The van der Waals surface area contributed by atoms with Gasteiger partial charge in [-0.25, -0.2) is 0 Å². The molecule has 0 radical (unpaired) electrons. The van der Waals surface area contributed by atoms with Crippen molar-refractivity contribution in [2.24, 2.45) is 0 Å². The molecule has 0 rings (SSSR count). The molecule has 70 heavy (non-hydrogen) atoms. The van der Waals surface area contributed by atoms with Gasteiger partial charge in [-0.1, -0.05) is 243 Å². The summed E-state index contributed by atoms with van der Waals surface area (Å²) in [6, 6.07) is 0. The van der Waals surface area contributed by atoms with Gasteiger partial charge in [0.2, 0.25) is 0 Å². The minimum absolute atomic E-state index is 0.128. The number of carbonyl (C=O) groups excluding carboxylic acids is 3. The maximum absolute atomic E-state index is 12.8. The van der Waals surface area contributed by atoms with E-state index in [2.05, 4.69) is 106 Å². The van der Waals surface area contributed by atoms with E-state index in [1.165, 1.54) is 57.8 Å². The SMILES string of the molecule is CC\C=C/C=C\C=C/C=C\C=C\C=C/C=C\CCCCCC(=O)OCC(COC(=O)CCCCCCCC/C=C\C/C=C\C/C=C\CC)OC(=O)CCC/C=C\C/C=C\C/C=C\CCCCCCCC. The Labute approximate surface area is 429 Å². The van der Waals surface area contributed by atoms with E-state index in [-0.39, 0.29) is 44.0 Å². The summed E-state index contributed by atoms with van der Waals surface area (Å²) in [4.78, 5) is 38.1. The molecule has 0 aromatic carbocycles. The van der Waals surface area contributed by atoms with Crippen LogP contribution in [0.2, 0.25) is 0 Å². The van der Waals surface area contributed by atoms with Crippen LogP contribution in [0, 0.1) is 0 Å². The van der Waals surface area contributed by atoms with Gasteiger partial charge in [0.15, 0.2) is 6.10 Å². The van der Waals surface area contributed by atoms with E-state index < -0.39 is 6.10 Å². The van der Waals surface area contributed by atoms with Gasteiger partial charge in [-0.2, -0.15) is 0 Å². The molecule has 0 aromatic rings. The Kier molecular flexibility index (Phi) is 52.6. The van der Waals surface area contributed by atoms with E-state index in [0.29, 0.717) is 19.3 Å². The maximum Gasteiger partial charge on any atom is 0.306 e. The number of esters is 3. The van der Waals surface area contributed by atoms with Crippen molar-refractivity contribution in [2.45, 2.75) is 213 Å². The Balaban J connectivity index is 4.63. The fourth-order valence-corrected chi connectivity index (χ4v) is 6.87. The topological polar surface area (TPSA) is 78.9 Å². The number of hydrogen-bond donors (Lipinski definition) is 0. The highest BCUT2D eigenvalue weighted by atomic mass is 16.6. The van der Waals surface area contributed by atoms with Crippen LogP contribution in [-0.2, 0) is 28.6 Å². The first-order valence-corrected chi connectivity index (χ1v) is 27.6. The minimum atomic E-state index is -0.838. The van der Waals surface area contributed by atoms with Crippen LogP contribution in [0.25, 0.3) is 0 Å². The van der Waals surface area contributed by atoms with Gasteiger partial charge >= 0.3 is 17.9 Å². The molecule has 390 valence electrons. The van der Waals surface area contributed by atoms with Crippen molar-refractivity contribution in [3.8, 4) is 0 Å². The first kappa shape index (κ1) is 65.0. The summed E-state index contributed by atoms with van der Waals surface area (Å²) in [7, 11) is 0. The summed E-state index contributed by atoms with van der Waals surface area (Å²) in [5, 5.41) is 0. The fraction of sp³-hybridized carbons (Fsp3) is 0.547. The highest BCUT2D eigenvalue weighted by Crippen LogP contribution is 2.12. The van der Waals surface area contributed by atoms with Crippen LogP contribution in [0.4, 0.5) is 0 Å². The second kappa shape index (κ2) is 56.6. The lowest BCUT2D eigenvalue weighted by molar-refractivity contribution is -0.167. The molecule has 6 heteroatoms. The summed E-state index contributed by atoms with van der Waals surface area (Å²) in [5.41, 5.74) is 0. The molecule has 1 unspecified atom stereocenters. The van der Waals surface area contributed by atoms with Crippen molar-refractivity contribution in [1.29, 1.82) is 0 Å². The summed E-state index contributed by atoms with van der Waals surface area (Å²) in [6.45, 7) is 6.26. The van der Waals surface area contributed by atoms with Crippen molar-refractivity contribution < 1.29 is 28.6 Å². The highest BCUT2D eigenvalue weighted by Gasteiger charge is 2.19. The van der Waals surface area contributed by atoms with E-state index in [0.717, 1.165) is 96.3 Å². The number of ether oxygens (including phenoxy) is 3. The molecule has 0 heterocycles. The van der Waals surface area contributed by atoms with Crippen LogP contribution in [0.15, 0.2) is 158 Å². The number of hydrogen-bond acceptors (Lipinski definition) is 6. The highest BCUT2D eigenvalue weighted by molar-refractivity contribution is 5.71. The average molecular weight is 963 g/mol. The molecule has 0 aromatic heterocycles. The Hall–Kier alpha value is -4.97. The Morgan fingerprint density at radius 1 is 0.314 bits per heavy atom. The van der Waals surface area contributed by atoms with Crippen molar-refractivity contribution in [3.63, 3.8) is 0 Å². The number of rotatable bonds is 47. The van der Waals surface area contributed by atoms with Crippen molar-refractivity contribution in [1.82, 2.24) is 0 Å². The molecule has 0 bridgehead atoms. The van der Waals surface area contributed by atoms with E-state index in [4.69, 9.17) is 14.2 Å². The van der Waals surface area contributed by atoms with Crippen LogP contribution in [0.3, 0.4) is 0 Å². The monoisotopic (exact) mass is 963 g/mol. The number of allylic oxidation sites excluding steroid dienone is 26. The third-order valence-corrected chi connectivity index (χ3v) is 10.9. The van der Waals surface area contributed by atoms with Crippen LogP contribution in [0.1, 0.15) is 207 Å². The predicted octanol–water partition coefficient (Wildman–Crippen LogP) is 18.6. The van der Waals surface area contributed by atoms with Gasteiger partial charge in [0.05, 0.1) is 0 Å². The molecular formula is C64H98O6. The molecule has 6 nitrogen and oxygen atoms in total. The molecule has 0 aliphatic carbocycles. The van der Waals surface area contributed by atoms with Gasteiger partial charge in [0.1, 0.15) is 13.2 Å². The lowest BCUT2D eigenvalue weighted by Crippen LogP contribution is -2.30. The van der Waals surface area contributed by atoms with Crippen LogP contribution < -0.4 is 0 Å². The fourth-order valence-electron chi connectivity index (χ4n) is 6.87. The van der Waals surface area contributed by atoms with E-state index in [9.17, 15) is 14.4 Å². The van der Waals surface area contributed by atoms with Gasteiger partial charge in [-0.05, 0) is 103 Å². The molecular weight excluding hydrogens is 865 g/mol. The second-order valence-corrected chi connectivity index (χ2v) is 17.6. The number of carbonyl (C=O) groups is 3. The van der Waals surface area contributed by atoms with Crippen molar-refractivity contribution >= 4 is 17.9 Å². The van der Waals surface area contributed by atoms with Gasteiger partial charge in [-0.15, -0.1) is 0 Å². The summed E-state index contributed by atoms with van der Waals surface area (Å²) in [6.07, 6.45) is 82.3. The summed E-state index contributed by atoms with van der Waals surface area (Å²) in [5.74, 6) is -1.05.